The van der Waals surface area contributed by atoms with Crippen LogP contribution in [0.25, 0.3) is 28.0 Å². The highest BCUT2D eigenvalue weighted by molar-refractivity contribution is 7.98. The Labute approximate surface area is 197 Å². The van der Waals surface area contributed by atoms with Gasteiger partial charge in [0, 0.05) is 17.7 Å². The van der Waals surface area contributed by atoms with Crippen LogP contribution in [-0.2, 0) is 5.75 Å². The number of rotatable bonds is 6. The molecule has 0 amide bonds. The van der Waals surface area contributed by atoms with Crippen LogP contribution in [0.15, 0.2) is 87.2 Å². The molecular formula is C24H17N5O4S. The predicted molar refractivity (Wildman–Crippen MR) is 128 cm³/mol. The summed E-state index contributed by atoms with van der Waals surface area (Å²) in [5.41, 5.74) is 2.72. The molecule has 0 saturated heterocycles. The molecule has 34 heavy (non-hydrogen) atoms. The molecule has 5 aromatic rings. The van der Waals surface area contributed by atoms with E-state index in [9.17, 15) is 14.9 Å². The molecule has 0 aliphatic carbocycles. The molecular weight excluding hydrogens is 454 g/mol. The number of nitrogens with zero attached hydrogens (tertiary/aromatic N) is 5. The molecule has 0 spiro atoms. The topological polar surface area (TPSA) is 117 Å². The fraction of sp³-hybridized carbons (Fsp3) is 0.0833. The van der Waals surface area contributed by atoms with Gasteiger partial charge in [0.15, 0.2) is 5.16 Å². The summed E-state index contributed by atoms with van der Waals surface area (Å²) in [7, 11) is 0. The van der Waals surface area contributed by atoms with Crippen molar-refractivity contribution >= 4 is 28.4 Å². The monoisotopic (exact) mass is 471 g/mol. The van der Waals surface area contributed by atoms with Crippen molar-refractivity contribution in [1.29, 1.82) is 0 Å². The van der Waals surface area contributed by atoms with Gasteiger partial charge in [-0.15, -0.1) is 10.2 Å². The summed E-state index contributed by atoms with van der Waals surface area (Å²) in [6.07, 6.45) is 0. The van der Waals surface area contributed by atoms with Gasteiger partial charge in [-0.3, -0.25) is 19.5 Å². The SMILES string of the molecule is Cc1ccccc1-n1c(SCc2nnc(-c3ccc([N+](=O)[O-])cc3)o2)nc2ccccc2c1=O. The lowest BCUT2D eigenvalue weighted by atomic mass is 10.2. The Morgan fingerprint density at radius 3 is 2.50 bits per heavy atom. The lowest BCUT2D eigenvalue weighted by Gasteiger charge is -2.14. The van der Waals surface area contributed by atoms with E-state index >= 15 is 0 Å². The molecule has 3 aromatic carbocycles. The molecule has 0 unspecified atom stereocenters. The van der Waals surface area contributed by atoms with Gasteiger partial charge in [0.2, 0.25) is 11.8 Å². The first kappa shape index (κ1) is 21.5. The Hall–Kier alpha value is -4.31. The number of non-ortho nitro benzene ring substituents is 1. The number of nitro benzene ring substituents is 1. The molecule has 0 aliphatic heterocycles. The van der Waals surface area contributed by atoms with Gasteiger partial charge in [-0.2, -0.15) is 0 Å². The zero-order chi connectivity index (χ0) is 23.7. The summed E-state index contributed by atoms with van der Waals surface area (Å²) < 4.78 is 7.36. The van der Waals surface area contributed by atoms with Crippen molar-refractivity contribution < 1.29 is 9.34 Å². The lowest BCUT2D eigenvalue weighted by molar-refractivity contribution is -0.384. The summed E-state index contributed by atoms with van der Waals surface area (Å²) >= 11 is 1.31. The van der Waals surface area contributed by atoms with Gasteiger partial charge in [0.1, 0.15) is 0 Å². The van der Waals surface area contributed by atoms with Crippen molar-refractivity contribution in [2.75, 3.05) is 0 Å². The smallest absolute Gasteiger partial charge is 0.269 e. The zero-order valence-corrected chi connectivity index (χ0v) is 18.7. The number of hydrogen-bond acceptors (Lipinski definition) is 8. The van der Waals surface area contributed by atoms with Crippen LogP contribution in [0.4, 0.5) is 5.69 Å². The lowest BCUT2D eigenvalue weighted by Crippen LogP contribution is -2.22. The van der Waals surface area contributed by atoms with Gasteiger partial charge >= 0.3 is 0 Å². The fourth-order valence-electron chi connectivity index (χ4n) is 3.52. The summed E-state index contributed by atoms with van der Waals surface area (Å²) in [4.78, 5) is 28.5. The van der Waals surface area contributed by atoms with Gasteiger partial charge in [-0.1, -0.05) is 42.1 Å². The number of para-hydroxylation sites is 2. The second-order valence-corrected chi connectivity index (χ2v) is 8.37. The average Bonchev–Trinajstić information content (AvgIpc) is 3.33. The first-order valence-corrected chi connectivity index (χ1v) is 11.3. The van der Waals surface area contributed by atoms with Crippen LogP contribution in [0.2, 0.25) is 0 Å². The first-order chi connectivity index (χ1) is 16.5. The highest BCUT2D eigenvalue weighted by atomic mass is 32.2. The zero-order valence-electron chi connectivity index (χ0n) is 17.9. The number of fused-ring (bicyclic) bond motifs is 1. The highest BCUT2D eigenvalue weighted by Gasteiger charge is 2.17. The van der Waals surface area contributed by atoms with E-state index in [0.29, 0.717) is 27.5 Å². The average molecular weight is 471 g/mol. The molecule has 0 fully saturated rings. The van der Waals surface area contributed by atoms with Crippen molar-refractivity contribution in [3.63, 3.8) is 0 Å². The van der Waals surface area contributed by atoms with E-state index in [1.807, 2.05) is 49.4 Å². The van der Waals surface area contributed by atoms with Crippen LogP contribution in [0, 0.1) is 17.0 Å². The van der Waals surface area contributed by atoms with E-state index in [4.69, 9.17) is 9.40 Å². The molecule has 0 radical (unpaired) electrons. The third kappa shape index (κ3) is 4.06. The molecule has 9 nitrogen and oxygen atoms in total. The standard InChI is InChI=1S/C24H17N5O4S/c1-15-6-2-5-9-20(15)28-23(30)18-7-3-4-8-19(18)25-24(28)34-14-21-26-27-22(33-21)16-10-12-17(13-11-16)29(31)32/h2-13H,14H2,1H3. The number of aryl methyl sites for hydroxylation is 1. The van der Waals surface area contributed by atoms with Gasteiger partial charge < -0.3 is 4.42 Å². The van der Waals surface area contributed by atoms with Crippen molar-refractivity contribution in [3.05, 3.63) is 105 Å². The van der Waals surface area contributed by atoms with E-state index in [1.54, 1.807) is 22.8 Å². The molecule has 2 heterocycles. The number of aromatic nitrogens is 4. The van der Waals surface area contributed by atoms with E-state index in [2.05, 4.69) is 10.2 Å². The van der Waals surface area contributed by atoms with Crippen LogP contribution in [0.5, 0.6) is 0 Å². The Morgan fingerprint density at radius 2 is 1.74 bits per heavy atom. The minimum atomic E-state index is -0.468. The summed E-state index contributed by atoms with van der Waals surface area (Å²) in [5, 5.41) is 20.0. The van der Waals surface area contributed by atoms with E-state index in [-0.39, 0.29) is 22.9 Å². The predicted octanol–water partition coefficient (Wildman–Crippen LogP) is 4.94. The molecule has 0 atom stereocenters. The van der Waals surface area contributed by atoms with Crippen LogP contribution < -0.4 is 5.56 Å². The summed E-state index contributed by atoms with van der Waals surface area (Å²) in [5.74, 6) is 0.891. The number of nitro groups is 1. The first-order valence-electron chi connectivity index (χ1n) is 10.3. The van der Waals surface area contributed by atoms with E-state index in [1.165, 1.54) is 23.9 Å². The maximum Gasteiger partial charge on any atom is 0.269 e. The minimum absolute atomic E-state index is 0.0180. The molecule has 5 rings (SSSR count). The Balaban J connectivity index is 1.48. The van der Waals surface area contributed by atoms with Gasteiger partial charge in [-0.25, -0.2) is 4.98 Å². The molecule has 0 bridgehead atoms. The Bertz CT molecular complexity index is 1580. The van der Waals surface area contributed by atoms with Crippen LogP contribution in [0.1, 0.15) is 11.5 Å². The number of benzene rings is 3. The second kappa shape index (κ2) is 8.91. The van der Waals surface area contributed by atoms with Crippen molar-refractivity contribution in [2.24, 2.45) is 0 Å². The molecule has 10 heteroatoms. The quantitative estimate of drug-likeness (QED) is 0.148. The normalized spacial score (nSPS) is 11.1. The third-order valence-corrected chi connectivity index (χ3v) is 6.14. The molecule has 0 aliphatic rings. The minimum Gasteiger partial charge on any atom is -0.420 e. The van der Waals surface area contributed by atoms with Crippen LogP contribution in [0.3, 0.4) is 0 Å². The maximum atomic E-state index is 13.4. The fourth-order valence-corrected chi connectivity index (χ4v) is 4.36. The van der Waals surface area contributed by atoms with Crippen molar-refractivity contribution in [2.45, 2.75) is 17.8 Å². The van der Waals surface area contributed by atoms with Gasteiger partial charge in [-0.05, 0) is 42.8 Å². The molecule has 0 saturated carbocycles. The van der Waals surface area contributed by atoms with Crippen LogP contribution >= 0.6 is 11.8 Å². The Kier molecular flexibility index (Phi) is 5.64. The third-order valence-electron chi connectivity index (χ3n) is 5.22. The van der Waals surface area contributed by atoms with E-state index in [0.717, 1.165) is 11.3 Å². The highest BCUT2D eigenvalue weighted by Crippen LogP contribution is 2.27. The molecule has 0 N–H and O–H groups in total. The van der Waals surface area contributed by atoms with E-state index < -0.39 is 4.92 Å². The second-order valence-electron chi connectivity index (χ2n) is 7.43. The number of hydrogen-bond donors (Lipinski definition) is 0. The maximum absolute atomic E-state index is 13.4. The molecule has 168 valence electrons. The van der Waals surface area contributed by atoms with Crippen molar-refractivity contribution in [1.82, 2.24) is 19.7 Å². The summed E-state index contributed by atoms with van der Waals surface area (Å²) in [6.45, 7) is 1.94. The summed E-state index contributed by atoms with van der Waals surface area (Å²) in [6, 6.07) is 20.8. The van der Waals surface area contributed by atoms with Gasteiger partial charge in [0.05, 0.1) is 27.3 Å². The van der Waals surface area contributed by atoms with Crippen LogP contribution in [-0.4, -0.2) is 24.7 Å². The van der Waals surface area contributed by atoms with Gasteiger partial charge in [0.25, 0.3) is 11.2 Å². The molecule has 2 aromatic heterocycles. The van der Waals surface area contributed by atoms with Crippen molar-refractivity contribution in [3.8, 4) is 17.1 Å². The number of thioether (sulfide) groups is 1. The largest absolute Gasteiger partial charge is 0.420 e. The Morgan fingerprint density at radius 1 is 1.00 bits per heavy atom.